The Hall–Kier alpha value is -1.40. The van der Waals surface area contributed by atoms with Crippen LogP contribution in [0.25, 0.3) is 0 Å². The SMILES string of the molecule is CC(N)Cc1cccc(Br)c1OCc1cn(C)nn1. The van der Waals surface area contributed by atoms with E-state index in [1.807, 2.05) is 38.4 Å². The lowest BCUT2D eigenvalue weighted by Crippen LogP contribution is -2.18. The van der Waals surface area contributed by atoms with Gasteiger partial charge in [-0.2, -0.15) is 0 Å². The summed E-state index contributed by atoms with van der Waals surface area (Å²) in [5, 5.41) is 7.88. The second kappa shape index (κ2) is 6.16. The number of hydrogen-bond acceptors (Lipinski definition) is 4. The molecule has 0 bridgehead atoms. The van der Waals surface area contributed by atoms with Crippen molar-refractivity contribution in [3.63, 3.8) is 0 Å². The zero-order valence-electron chi connectivity index (χ0n) is 11.0. The highest BCUT2D eigenvalue weighted by Crippen LogP contribution is 2.30. The van der Waals surface area contributed by atoms with Gasteiger partial charge in [0.2, 0.25) is 0 Å². The van der Waals surface area contributed by atoms with Gasteiger partial charge in [0.25, 0.3) is 0 Å². The van der Waals surface area contributed by atoms with Gasteiger partial charge < -0.3 is 10.5 Å². The predicted molar refractivity (Wildman–Crippen MR) is 76.8 cm³/mol. The van der Waals surface area contributed by atoms with Crippen LogP contribution >= 0.6 is 15.9 Å². The van der Waals surface area contributed by atoms with Gasteiger partial charge in [0, 0.05) is 13.1 Å². The van der Waals surface area contributed by atoms with Gasteiger partial charge in [0.15, 0.2) is 0 Å². The van der Waals surface area contributed by atoms with E-state index in [2.05, 4.69) is 26.2 Å². The van der Waals surface area contributed by atoms with Crippen molar-refractivity contribution in [1.82, 2.24) is 15.0 Å². The van der Waals surface area contributed by atoms with Crippen molar-refractivity contribution in [2.75, 3.05) is 0 Å². The summed E-state index contributed by atoms with van der Waals surface area (Å²) in [7, 11) is 1.83. The van der Waals surface area contributed by atoms with Crippen LogP contribution in [0.3, 0.4) is 0 Å². The molecule has 0 amide bonds. The Balaban J connectivity index is 2.14. The Morgan fingerprint density at radius 2 is 2.26 bits per heavy atom. The highest BCUT2D eigenvalue weighted by Gasteiger charge is 2.11. The molecule has 6 heteroatoms. The first kappa shape index (κ1) is 14.0. The van der Waals surface area contributed by atoms with Crippen LogP contribution in [0.15, 0.2) is 28.9 Å². The lowest BCUT2D eigenvalue weighted by molar-refractivity contribution is 0.295. The smallest absolute Gasteiger partial charge is 0.137 e. The average Bonchev–Trinajstić information content (AvgIpc) is 2.73. The van der Waals surface area contributed by atoms with Crippen LogP contribution in [0.4, 0.5) is 0 Å². The Labute approximate surface area is 120 Å². The minimum atomic E-state index is 0.0909. The quantitative estimate of drug-likeness (QED) is 0.914. The first-order valence-corrected chi connectivity index (χ1v) is 6.86. The molecule has 0 fully saturated rings. The molecule has 0 saturated heterocycles. The van der Waals surface area contributed by atoms with Crippen molar-refractivity contribution in [2.45, 2.75) is 26.0 Å². The fraction of sp³-hybridized carbons (Fsp3) is 0.385. The minimum Gasteiger partial charge on any atom is -0.486 e. The maximum Gasteiger partial charge on any atom is 0.137 e. The molecule has 0 aliphatic carbocycles. The van der Waals surface area contributed by atoms with Crippen LogP contribution in [0.1, 0.15) is 18.2 Å². The molecule has 19 heavy (non-hydrogen) atoms. The van der Waals surface area contributed by atoms with Gasteiger partial charge >= 0.3 is 0 Å². The van der Waals surface area contributed by atoms with E-state index in [0.29, 0.717) is 6.61 Å². The minimum absolute atomic E-state index is 0.0909. The second-order valence-corrected chi connectivity index (χ2v) is 5.44. The molecule has 2 rings (SSSR count). The van der Waals surface area contributed by atoms with Crippen molar-refractivity contribution in [3.8, 4) is 5.75 Å². The molecule has 0 aliphatic heterocycles. The first-order chi connectivity index (χ1) is 9.06. The number of halogens is 1. The summed E-state index contributed by atoms with van der Waals surface area (Å²) in [6.45, 7) is 2.37. The van der Waals surface area contributed by atoms with Gasteiger partial charge in [-0.05, 0) is 40.9 Å². The molecule has 102 valence electrons. The largest absolute Gasteiger partial charge is 0.486 e. The monoisotopic (exact) mass is 324 g/mol. The summed E-state index contributed by atoms with van der Waals surface area (Å²) in [5.41, 5.74) is 7.74. The summed E-state index contributed by atoms with van der Waals surface area (Å²) >= 11 is 3.51. The van der Waals surface area contributed by atoms with E-state index >= 15 is 0 Å². The summed E-state index contributed by atoms with van der Waals surface area (Å²) in [6, 6.07) is 6.06. The third-order valence-electron chi connectivity index (χ3n) is 2.60. The second-order valence-electron chi connectivity index (χ2n) is 4.58. The third kappa shape index (κ3) is 3.78. The molecule has 1 heterocycles. The van der Waals surface area contributed by atoms with Gasteiger partial charge in [-0.15, -0.1) is 5.10 Å². The van der Waals surface area contributed by atoms with E-state index in [1.165, 1.54) is 0 Å². The summed E-state index contributed by atoms with van der Waals surface area (Å²) in [4.78, 5) is 0. The fourth-order valence-corrected chi connectivity index (χ4v) is 2.35. The first-order valence-electron chi connectivity index (χ1n) is 6.07. The molecule has 0 radical (unpaired) electrons. The number of hydrogen-bond donors (Lipinski definition) is 1. The zero-order valence-corrected chi connectivity index (χ0v) is 12.6. The van der Waals surface area contributed by atoms with E-state index < -0.39 is 0 Å². The van der Waals surface area contributed by atoms with Gasteiger partial charge in [0.05, 0.1) is 10.7 Å². The maximum atomic E-state index is 5.86. The van der Waals surface area contributed by atoms with Crippen molar-refractivity contribution in [3.05, 3.63) is 40.1 Å². The van der Waals surface area contributed by atoms with E-state index in [1.54, 1.807) is 4.68 Å². The third-order valence-corrected chi connectivity index (χ3v) is 3.23. The van der Waals surface area contributed by atoms with E-state index in [0.717, 1.165) is 27.9 Å². The Morgan fingerprint density at radius 3 is 2.89 bits per heavy atom. The molecule has 2 aromatic rings. The Morgan fingerprint density at radius 1 is 1.47 bits per heavy atom. The van der Waals surface area contributed by atoms with Crippen LogP contribution in [-0.4, -0.2) is 21.0 Å². The van der Waals surface area contributed by atoms with E-state index in [9.17, 15) is 0 Å². The molecular weight excluding hydrogens is 308 g/mol. The van der Waals surface area contributed by atoms with Crippen LogP contribution in [0.5, 0.6) is 5.75 Å². The number of ether oxygens (including phenoxy) is 1. The summed E-state index contributed by atoms with van der Waals surface area (Å²) in [5.74, 6) is 0.824. The fourth-order valence-electron chi connectivity index (χ4n) is 1.83. The summed E-state index contributed by atoms with van der Waals surface area (Å²) in [6.07, 6.45) is 2.61. The van der Waals surface area contributed by atoms with Gasteiger partial charge in [-0.3, -0.25) is 4.68 Å². The molecule has 1 aromatic heterocycles. The number of aromatic nitrogens is 3. The predicted octanol–water partition coefficient (Wildman–Crippen LogP) is 2.05. The highest BCUT2D eigenvalue weighted by molar-refractivity contribution is 9.10. The molecule has 0 aliphatic rings. The topological polar surface area (TPSA) is 66.0 Å². The van der Waals surface area contributed by atoms with Crippen molar-refractivity contribution < 1.29 is 4.74 Å². The number of aryl methyl sites for hydroxylation is 1. The van der Waals surface area contributed by atoms with Crippen LogP contribution in [-0.2, 0) is 20.1 Å². The normalized spacial score (nSPS) is 12.4. The average molecular weight is 325 g/mol. The van der Waals surface area contributed by atoms with Crippen molar-refractivity contribution >= 4 is 15.9 Å². The van der Waals surface area contributed by atoms with Crippen LogP contribution in [0.2, 0.25) is 0 Å². The number of nitrogens with two attached hydrogens (primary N) is 1. The lowest BCUT2D eigenvalue weighted by atomic mass is 10.1. The maximum absolute atomic E-state index is 5.86. The van der Waals surface area contributed by atoms with Crippen LogP contribution in [0, 0.1) is 0 Å². The van der Waals surface area contributed by atoms with Gasteiger partial charge in [-0.25, -0.2) is 0 Å². The van der Waals surface area contributed by atoms with Crippen LogP contribution < -0.4 is 10.5 Å². The highest BCUT2D eigenvalue weighted by atomic mass is 79.9. The molecule has 2 N–H and O–H groups in total. The summed E-state index contributed by atoms with van der Waals surface area (Å²) < 4.78 is 8.43. The van der Waals surface area contributed by atoms with Crippen molar-refractivity contribution in [2.24, 2.45) is 12.8 Å². The van der Waals surface area contributed by atoms with Gasteiger partial charge in [-0.1, -0.05) is 17.3 Å². The standard InChI is InChI=1S/C13H17BrN4O/c1-9(15)6-10-4-3-5-12(14)13(10)19-8-11-7-18(2)17-16-11/h3-5,7,9H,6,8,15H2,1-2H3. The Kier molecular flexibility index (Phi) is 4.55. The molecule has 0 saturated carbocycles. The molecule has 1 unspecified atom stereocenters. The molecule has 5 nitrogen and oxygen atoms in total. The molecular formula is C13H17BrN4O. The number of para-hydroxylation sites is 1. The Bertz CT molecular complexity index is 553. The number of benzene rings is 1. The van der Waals surface area contributed by atoms with E-state index in [-0.39, 0.29) is 6.04 Å². The molecule has 1 atom stereocenters. The molecule has 0 spiro atoms. The van der Waals surface area contributed by atoms with Crippen molar-refractivity contribution in [1.29, 1.82) is 0 Å². The number of nitrogens with zero attached hydrogens (tertiary/aromatic N) is 3. The zero-order chi connectivity index (χ0) is 13.8. The lowest BCUT2D eigenvalue weighted by Gasteiger charge is -2.14. The van der Waals surface area contributed by atoms with Gasteiger partial charge in [0.1, 0.15) is 18.1 Å². The van der Waals surface area contributed by atoms with E-state index in [4.69, 9.17) is 10.5 Å². The number of rotatable bonds is 5. The molecule has 1 aromatic carbocycles.